The fourth-order valence-corrected chi connectivity index (χ4v) is 3.31. The maximum atomic E-state index is 13.0. The summed E-state index contributed by atoms with van der Waals surface area (Å²) >= 11 is 0. The van der Waals surface area contributed by atoms with E-state index in [4.69, 9.17) is 0 Å². The van der Waals surface area contributed by atoms with Crippen molar-refractivity contribution in [1.29, 1.82) is 0 Å². The average molecular weight is 404 g/mol. The largest absolute Gasteiger partial charge is 0.503 e. The topological polar surface area (TPSA) is 70.5 Å². The molecular weight excluding hydrogens is 385 g/mol. The molecule has 1 aliphatic heterocycles. The Labute approximate surface area is 165 Å². The zero-order valence-corrected chi connectivity index (χ0v) is 15.8. The van der Waals surface area contributed by atoms with Crippen molar-refractivity contribution >= 4 is 11.7 Å². The molecule has 1 atom stereocenters. The van der Waals surface area contributed by atoms with Crippen LogP contribution in [-0.2, 0) is 22.3 Å². The highest BCUT2D eigenvalue weighted by Crippen LogP contribution is 2.40. The standard InChI is InChI=1S/C21H19F3N2O3/c1-12(2)18(27)16-17(14-6-8-25-9-7-14)26(20(29)19(16)28)11-13-4-3-5-15(10-13)21(22,23)24/h3-10,12,17,28H,11H2,1-2H3. The highest BCUT2D eigenvalue weighted by atomic mass is 19.4. The van der Waals surface area contributed by atoms with Crippen molar-refractivity contribution in [3.8, 4) is 0 Å². The first-order chi connectivity index (χ1) is 13.6. The lowest BCUT2D eigenvalue weighted by Crippen LogP contribution is -2.31. The van der Waals surface area contributed by atoms with Gasteiger partial charge in [0, 0.05) is 24.9 Å². The van der Waals surface area contributed by atoms with E-state index in [1.165, 1.54) is 29.4 Å². The van der Waals surface area contributed by atoms with Crippen molar-refractivity contribution in [2.75, 3.05) is 0 Å². The molecule has 0 spiro atoms. The second kappa shape index (κ2) is 7.69. The van der Waals surface area contributed by atoms with E-state index in [1.54, 1.807) is 26.0 Å². The SMILES string of the molecule is CC(C)C(=O)C1=C(O)C(=O)N(Cc2cccc(C(F)(F)F)c2)C1c1ccncc1. The first-order valence-electron chi connectivity index (χ1n) is 8.95. The Bertz CT molecular complexity index is 969. The lowest BCUT2D eigenvalue weighted by molar-refractivity contribution is -0.137. The fraction of sp³-hybridized carbons (Fsp3) is 0.286. The van der Waals surface area contributed by atoms with E-state index in [-0.39, 0.29) is 17.7 Å². The summed E-state index contributed by atoms with van der Waals surface area (Å²) in [6.07, 6.45) is -1.56. The maximum absolute atomic E-state index is 13.0. The second-order valence-corrected chi connectivity index (χ2v) is 7.10. The van der Waals surface area contributed by atoms with Gasteiger partial charge in [-0.05, 0) is 35.4 Å². The summed E-state index contributed by atoms with van der Waals surface area (Å²) in [6.45, 7) is 3.09. The molecule has 0 fully saturated rings. The number of hydrogen-bond donors (Lipinski definition) is 1. The number of benzene rings is 1. The average Bonchev–Trinajstić information content (AvgIpc) is 2.92. The van der Waals surface area contributed by atoms with Crippen LogP contribution in [0.15, 0.2) is 60.1 Å². The molecule has 29 heavy (non-hydrogen) atoms. The van der Waals surface area contributed by atoms with Crippen LogP contribution in [0.1, 0.15) is 36.6 Å². The molecule has 3 rings (SSSR count). The van der Waals surface area contributed by atoms with Crippen molar-refractivity contribution in [1.82, 2.24) is 9.88 Å². The summed E-state index contributed by atoms with van der Waals surface area (Å²) in [5.74, 6) is -2.34. The van der Waals surface area contributed by atoms with Gasteiger partial charge >= 0.3 is 6.18 Å². The van der Waals surface area contributed by atoms with Crippen LogP contribution in [0.25, 0.3) is 0 Å². The smallest absolute Gasteiger partial charge is 0.416 e. The van der Waals surface area contributed by atoms with Crippen molar-refractivity contribution in [2.45, 2.75) is 32.6 Å². The van der Waals surface area contributed by atoms with Gasteiger partial charge in [0.05, 0.1) is 17.2 Å². The number of carbonyl (C=O) groups excluding carboxylic acids is 2. The molecule has 1 amide bonds. The number of rotatable bonds is 5. The highest BCUT2D eigenvalue weighted by Gasteiger charge is 2.44. The molecule has 2 heterocycles. The van der Waals surface area contributed by atoms with Gasteiger partial charge < -0.3 is 10.0 Å². The molecule has 1 aromatic heterocycles. The zero-order chi connectivity index (χ0) is 21.3. The van der Waals surface area contributed by atoms with Crippen molar-refractivity contribution < 1.29 is 27.9 Å². The van der Waals surface area contributed by atoms with E-state index in [0.29, 0.717) is 5.56 Å². The second-order valence-electron chi connectivity index (χ2n) is 7.10. The van der Waals surface area contributed by atoms with Gasteiger partial charge in [-0.25, -0.2) is 0 Å². The predicted octanol–water partition coefficient (Wildman–Crippen LogP) is 4.22. The minimum absolute atomic E-state index is 0.0526. The van der Waals surface area contributed by atoms with E-state index in [9.17, 15) is 27.9 Å². The molecule has 1 aromatic carbocycles. The Morgan fingerprint density at radius 2 is 1.86 bits per heavy atom. The van der Waals surface area contributed by atoms with Crippen LogP contribution >= 0.6 is 0 Å². The Morgan fingerprint density at radius 3 is 2.45 bits per heavy atom. The van der Waals surface area contributed by atoms with Crippen LogP contribution in [-0.4, -0.2) is 26.7 Å². The minimum Gasteiger partial charge on any atom is -0.503 e. The molecule has 8 heteroatoms. The molecule has 0 bridgehead atoms. The van der Waals surface area contributed by atoms with Gasteiger partial charge in [0.2, 0.25) is 0 Å². The number of ketones is 1. The maximum Gasteiger partial charge on any atom is 0.416 e. The van der Waals surface area contributed by atoms with Crippen LogP contribution < -0.4 is 0 Å². The Morgan fingerprint density at radius 1 is 1.21 bits per heavy atom. The van der Waals surface area contributed by atoms with E-state index < -0.39 is 41.1 Å². The van der Waals surface area contributed by atoms with Crippen LogP contribution in [0.5, 0.6) is 0 Å². The Kier molecular flexibility index (Phi) is 5.46. The Hall–Kier alpha value is -3.16. The van der Waals surface area contributed by atoms with E-state index in [2.05, 4.69) is 4.98 Å². The zero-order valence-electron chi connectivity index (χ0n) is 15.8. The Balaban J connectivity index is 2.04. The number of alkyl halides is 3. The fourth-order valence-electron chi connectivity index (χ4n) is 3.31. The molecule has 1 aliphatic rings. The number of aliphatic hydroxyl groups excluding tert-OH is 1. The predicted molar refractivity (Wildman–Crippen MR) is 98.5 cm³/mol. The monoisotopic (exact) mass is 404 g/mol. The summed E-state index contributed by atoms with van der Waals surface area (Å²) in [5.41, 5.74) is -0.118. The number of aromatic nitrogens is 1. The summed E-state index contributed by atoms with van der Waals surface area (Å²) in [4.78, 5) is 30.6. The lowest BCUT2D eigenvalue weighted by Gasteiger charge is -2.27. The summed E-state index contributed by atoms with van der Waals surface area (Å²) in [6, 6.07) is 6.91. The number of hydrogen-bond acceptors (Lipinski definition) is 4. The number of pyridine rings is 1. The summed E-state index contributed by atoms with van der Waals surface area (Å²) < 4.78 is 39.1. The summed E-state index contributed by atoms with van der Waals surface area (Å²) in [7, 11) is 0. The third-order valence-corrected chi connectivity index (χ3v) is 4.72. The van der Waals surface area contributed by atoms with Gasteiger partial charge in [0.25, 0.3) is 5.91 Å². The molecule has 152 valence electrons. The van der Waals surface area contributed by atoms with Crippen molar-refractivity contribution in [3.05, 3.63) is 76.8 Å². The normalized spacial score (nSPS) is 17.4. The van der Waals surface area contributed by atoms with Gasteiger partial charge in [0.15, 0.2) is 11.5 Å². The van der Waals surface area contributed by atoms with Gasteiger partial charge in [-0.2, -0.15) is 13.2 Å². The summed E-state index contributed by atoms with van der Waals surface area (Å²) in [5, 5.41) is 10.4. The van der Waals surface area contributed by atoms with Crippen LogP contribution in [0.4, 0.5) is 13.2 Å². The van der Waals surface area contributed by atoms with E-state index in [1.807, 2.05) is 0 Å². The molecule has 0 saturated heterocycles. The minimum atomic E-state index is -4.52. The van der Waals surface area contributed by atoms with Gasteiger partial charge in [-0.3, -0.25) is 14.6 Å². The van der Waals surface area contributed by atoms with Crippen LogP contribution in [0.3, 0.4) is 0 Å². The molecule has 5 nitrogen and oxygen atoms in total. The third kappa shape index (κ3) is 4.01. The molecule has 0 radical (unpaired) electrons. The number of nitrogens with zero attached hydrogens (tertiary/aromatic N) is 2. The molecule has 1 N–H and O–H groups in total. The molecular formula is C21H19F3N2O3. The molecule has 0 saturated carbocycles. The molecule has 0 aliphatic carbocycles. The molecule has 2 aromatic rings. The van der Waals surface area contributed by atoms with Gasteiger partial charge in [0.1, 0.15) is 0 Å². The quantitative estimate of drug-likeness (QED) is 0.810. The number of amides is 1. The van der Waals surface area contributed by atoms with Crippen molar-refractivity contribution in [2.24, 2.45) is 5.92 Å². The van der Waals surface area contributed by atoms with E-state index >= 15 is 0 Å². The first-order valence-corrected chi connectivity index (χ1v) is 8.95. The first kappa shape index (κ1) is 20.6. The van der Waals surface area contributed by atoms with Gasteiger partial charge in [-0.1, -0.05) is 26.0 Å². The van der Waals surface area contributed by atoms with Gasteiger partial charge in [-0.15, -0.1) is 0 Å². The number of Topliss-reactive ketones (excluding diaryl/α,β-unsaturated/α-hetero) is 1. The van der Waals surface area contributed by atoms with Crippen molar-refractivity contribution in [3.63, 3.8) is 0 Å². The third-order valence-electron chi connectivity index (χ3n) is 4.72. The lowest BCUT2D eigenvalue weighted by atomic mass is 9.91. The number of halogens is 3. The number of carbonyl (C=O) groups is 2. The van der Waals surface area contributed by atoms with Crippen LogP contribution in [0, 0.1) is 5.92 Å². The highest BCUT2D eigenvalue weighted by molar-refractivity contribution is 6.09. The number of aliphatic hydroxyl groups is 1. The molecule has 1 unspecified atom stereocenters. The van der Waals surface area contributed by atoms with Crippen LogP contribution in [0.2, 0.25) is 0 Å². The van der Waals surface area contributed by atoms with E-state index in [0.717, 1.165) is 12.1 Å².